The molecule has 2 aliphatic rings. The van der Waals surface area contributed by atoms with E-state index in [0.29, 0.717) is 19.6 Å². The molecule has 1 N–H and O–H groups in total. The van der Waals surface area contributed by atoms with Crippen LogP contribution >= 0.6 is 0 Å². The number of carbonyl (C=O) groups is 1. The fraction of sp³-hybridized carbons (Fsp3) is 0.800. The number of rotatable bonds is 2. The number of carbonyl (C=O) groups excluding carboxylic acids is 1. The van der Waals surface area contributed by atoms with Crippen LogP contribution in [-0.4, -0.2) is 55.1 Å². The van der Waals surface area contributed by atoms with Crippen LogP contribution in [0.1, 0.15) is 6.42 Å². The maximum absolute atomic E-state index is 13.0. The number of piperazine rings is 1. The topological polar surface area (TPSA) is 65.4 Å². The van der Waals surface area contributed by atoms with Crippen LogP contribution in [0.5, 0.6) is 0 Å². The number of hydrogen-bond donors (Lipinski definition) is 1. The van der Waals surface area contributed by atoms with Crippen molar-refractivity contribution in [2.45, 2.75) is 24.5 Å². The van der Waals surface area contributed by atoms with Crippen LogP contribution in [-0.2, 0) is 9.53 Å². The molecule has 0 radical (unpaired) electrons. The lowest BCUT2D eigenvalue weighted by Crippen LogP contribution is -2.52. The van der Waals surface area contributed by atoms with E-state index >= 15 is 0 Å². The van der Waals surface area contributed by atoms with Gasteiger partial charge in [-0.15, -0.1) is 0 Å². The highest BCUT2D eigenvalue weighted by Crippen LogP contribution is 2.31. The van der Waals surface area contributed by atoms with E-state index in [1.54, 1.807) is 4.90 Å². The van der Waals surface area contributed by atoms with Gasteiger partial charge in [0, 0.05) is 26.2 Å². The smallest absolute Gasteiger partial charge is 0.377 e. The van der Waals surface area contributed by atoms with E-state index in [4.69, 9.17) is 5.26 Å². The zero-order valence-corrected chi connectivity index (χ0v) is 9.16. The van der Waals surface area contributed by atoms with E-state index in [9.17, 15) is 13.6 Å². The molecule has 17 heavy (non-hydrogen) atoms. The number of halogens is 2. The predicted octanol–water partition coefficient (Wildman–Crippen LogP) is -0.265. The highest BCUT2D eigenvalue weighted by atomic mass is 19.3. The van der Waals surface area contributed by atoms with Crippen molar-refractivity contribution < 1.29 is 18.3 Å². The van der Waals surface area contributed by atoms with Crippen LogP contribution in [0, 0.1) is 11.3 Å². The van der Waals surface area contributed by atoms with Crippen molar-refractivity contribution >= 4 is 5.97 Å². The zero-order chi connectivity index (χ0) is 12.5. The van der Waals surface area contributed by atoms with Crippen LogP contribution in [0.15, 0.2) is 0 Å². The Morgan fingerprint density at radius 1 is 1.65 bits per heavy atom. The number of cyclic esters (lactones) is 1. The number of nitrogens with zero attached hydrogens (tertiary/aromatic N) is 2. The molecule has 2 fully saturated rings. The van der Waals surface area contributed by atoms with Crippen molar-refractivity contribution in [3.05, 3.63) is 0 Å². The highest BCUT2D eigenvalue weighted by Gasteiger charge is 2.51. The molecular formula is C10H13F2N3O2. The minimum absolute atomic E-state index is 0.196. The second-order valence-electron chi connectivity index (χ2n) is 4.28. The summed E-state index contributed by atoms with van der Waals surface area (Å²) in [6.07, 6.45) is -1.40. The van der Waals surface area contributed by atoms with Crippen LogP contribution in [0.3, 0.4) is 0 Å². The largest absolute Gasteiger partial charge is 0.456 e. The molecule has 0 bridgehead atoms. The number of hydrogen-bond acceptors (Lipinski definition) is 5. The molecule has 2 aliphatic heterocycles. The van der Waals surface area contributed by atoms with Gasteiger partial charge in [0.05, 0.1) is 12.5 Å². The molecule has 94 valence electrons. The minimum atomic E-state index is -3.37. The molecule has 7 heteroatoms. The van der Waals surface area contributed by atoms with Crippen molar-refractivity contribution in [1.82, 2.24) is 10.2 Å². The fourth-order valence-electron chi connectivity index (χ4n) is 2.10. The van der Waals surface area contributed by atoms with Crippen molar-refractivity contribution in [1.29, 1.82) is 5.26 Å². The number of alkyl halides is 2. The lowest BCUT2D eigenvalue weighted by atomic mass is 10.1. The molecule has 0 spiro atoms. The molecule has 0 saturated carbocycles. The van der Waals surface area contributed by atoms with Gasteiger partial charge in [0.15, 0.2) is 0 Å². The lowest BCUT2D eigenvalue weighted by molar-refractivity contribution is -0.159. The van der Waals surface area contributed by atoms with Gasteiger partial charge in [0.25, 0.3) is 0 Å². The Balaban J connectivity index is 1.93. The van der Waals surface area contributed by atoms with E-state index in [1.807, 2.05) is 0 Å². The molecule has 0 aliphatic carbocycles. The van der Waals surface area contributed by atoms with Crippen molar-refractivity contribution in [3.8, 4) is 6.07 Å². The molecule has 2 saturated heterocycles. The summed E-state index contributed by atoms with van der Waals surface area (Å²) in [6, 6.07) is 1.75. The van der Waals surface area contributed by atoms with E-state index in [1.165, 1.54) is 0 Å². The normalized spacial score (nSPS) is 33.1. The van der Waals surface area contributed by atoms with Gasteiger partial charge in [0.2, 0.25) is 0 Å². The first-order chi connectivity index (χ1) is 8.03. The molecule has 0 aromatic rings. The number of nitriles is 1. The standard InChI is InChI=1S/C10H13F2N3O2/c11-10(12)3-8(17-9(10)16)6-15-2-1-14-5-7(15)4-13/h7-8,14H,1-3,5-6H2. The molecule has 0 amide bonds. The Bertz CT molecular complexity index is 356. The second kappa shape index (κ2) is 4.55. The van der Waals surface area contributed by atoms with Gasteiger partial charge in [-0.1, -0.05) is 0 Å². The number of nitrogens with one attached hydrogen (secondary N) is 1. The maximum atomic E-state index is 13.0. The molecule has 5 nitrogen and oxygen atoms in total. The summed E-state index contributed by atoms with van der Waals surface area (Å²) < 4.78 is 30.5. The average Bonchev–Trinajstić information content (AvgIpc) is 2.53. The summed E-state index contributed by atoms with van der Waals surface area (Å²) in [6.45, 7) is 2.00. The zero-order valence-electron chi connectivity index (χ0n) is 9.16. The summed E-state index contributed by atoms with van der Waals surface area (Å²) in [5.41, 5.74) is 0. The summed E-state index contributed by atoms with van der Waals surface area (Å²) in [7, 11) is 0. The average molecular weight is 245 g/mol. The fourth-order valence-corrected chi connectivity index (χ4v) is 2.10. The van der Waals surface area contributed by atoms with Crippen LogP contribution in [0.4, 0.5) is 8.78 Å². The van der Waals surface area contributed by atoms with Gasteiger partial charge in [0.1, 0.15) is 12.1 Å². The van der Waals surface area contributed by atoms with E-state index in [2.05, 4.69) is 16.1 Å². The Hall–Kier alpha value is -1.26. The first-order valence-corrected chi connectivity index (χ1v) is 5.46. The molecule has 2 rings (SSSR count). The minimum Gasteiger partial charge on any atom is -0.456 e. The highest BCUT2D eigenvalue weighted by molar-refractivity contribution is 5.79. The first kappa shape index (κ1) is 12.2. The van der Waals surface area contributed by atoms with Crippen molar-refractivity contribution in [2.75, 3.05) is 26.2 Å². The Kier molecular flexibility index (Phi) is 3.26. The van der Waals surface area contributed by atoms with Gasteiger partial charge < -0.3 is 10.1 Å². The summed E-state index contributed by atoms with van der Waals surface area (Å²) in [4.78, 5) is 12.6. The second-order valence-corrected chi connectivity index (χ2v) is 4.28. The molecule has 2 heterocycles. The number of ether oxygens (including phenoxy) is 1. The first-order valence-electron chi connectivity index (χ1n) is 5.46. The van der Waals surface area contributed by atoms with E-state index in [-0.39, 0.29) is 12.6 Å². The number of esters is 1. The summed E-state index contributed by atoms with van der Waals surface area (Å²) in [5.74, 6) is -4.83. The quantitative estimate of drug-likeness (QED) is 0.679. The lowest BCUT2D eigenvalue weighted by Gasteiger charge is -2.32. The van der Waals surface area contributed by atoms with E-state index < -0.39 is 24.4 Å². The SMILES string of the molecule is N#CC1CNCCN1CC1CC(F)(F)C(=O)O1. The Labute approximate surface area is 97.3 Å². The van der Waals surface area contributed by atoms with Gasteiger partial charge in [-0.05, 0) is 0 Å². The van der Waals surface area contributed by atoms with Gasteiger partial charge in [-0.3, -0.25) is 4.90 Å². The predicted molar refractivity (Wildman–Crippen MR) is 53.3 cm³/mol. The Morgan fingerprint density at radius 2 is 2.41 bits per heavy atom. The van der Waals surface area contributed by atoms with Crippen LogP contribution in [0.25, 0.3) is 0 Å². The third-order valence-electron chi connectivity index (χ3n) is 3.00. The van der Waals surface area contributed by atoms with Gasteiger partial charge in [-0.25, -0.2) is 4.79 Å². The van der Waals surface area contributed by atoms with Crippen molar-refractivity contribution in [3.63, 3.8) is 0 Å². The van der Waals surface area contributed by atoms with Crippen LogP contribution < -0.4 is 5.32 Å². The third kappa shape index (κ3) is 2.53. The Morgan fingerprint density at radius 3 is 3.00 bits per heavy atom. The maximum Gasteiger partial charge on any atom is 0.377 e. The van der Waals surface area contributed by atoms with Crippen LogP contribution in [0.2, 0.25) is 0 Å². The molecule has 0 aromatic heterocycles. The molecule has 0 aromatic carbocycles. The summed E-state index contributed by atoms with van der Waals surface area (Å²) >= 11 is 0. The van der Waals surface area contributed by atoms with Gasteiger partial charge >= 0.3 is 11.9 Å². The van der Waals surface area contributed by atoms with Gasteiger partial charge in [-0.2, -0.15) is 14.0 Å². The summed E-state index contributed by atoms with van der Waals surface area (Å²) in [5, 5.41) is 11.9. The van der Waals surface area contributed by atoms with E-state index in [0.717, 1.165) is 0 Å². The van der Waals surface area contributed by atoms with Crippen molar-refractivity contribution in [2.24, 2.45) is 0 Å². The molecule has 2 unspecified atom stereocenters. The third-order valence-corrected chi connectivity index (χ3v) is 3.00. The molecule has 2 atom stereocenters. The molecular weight excluding hydrogens is 232 g/mol. The monoisotopic (exact) mass is 245 g/mol.